The molecular formula is C42H46FN9O5. The zero-order chi connectivity index (χ0) is 40.0. The maximum atomic E-state index is 16.2. The molecule has 2 saturated heterocycles. The Bertz CT molecular complexity index is 2470. The van der Waals surface area contributed by atoms with Gasteiger partial charge in [0, 0.05) is 62.5 Å². The summed E-state index contributed by atoms with van der Waals surface area (Å²) in [4.78, 5) is 57.3. The van der Waals surface area contributed by atoms with Crippen LogP contribution in [0, 0.1) is 17.2 Å². The summed E-state index contributed by atoms with van der Waals surface area (Å²) in [5, 5.41) is 20.3. The molecule has 1 aliphatic carbocycles. The minimum absolute atomic E-state index is 0.137. The van der Waals surface area contributed by atoms with Gasteiger partial charge < -0.3 is 15.0 Å². The van der Waals surface area contributed by atoms with Gasteiger partial charge in [-0.05, 0) is 88.6 Å². The van der Waals surface area contributed by atoms with Gasteiger partial charge in [-0.1, -0.05) is 12.1 Å². The second-order valence-corrected chi connectivity index (χ2v) is 15.9. The first-order valence-corrected chi connectivity index (χ1v) is 19.7. The van der Waals surface area contributed by atoms with E-state index in [-0.39, 0.29) is 48.1 Å². The maximum Gasteiger partial charge on any atom is 0.329 e. The Hall–Kier alpha value is -5.88. The lowest BCUT2D eigenvalue weighted by molar-refractivity contribution is -0.135. The van der Waals surface area contributed by atoms with Gasteiger partial charge in [0.2, 0.25) is 11.8 Å². The summed E-state index contributed by atoms with van der Waals surface area (Å²) < 4.78 is 27.2. The van der Waals surface area contributed by atoms with Crippen molar-refractivity contribution < 1.29 is 23.5 Å². The number of benzene rings is 2. The number of piperidine rings is 2. The number of imide groups is 1. The zero-order valence-corrected chi connectivity index (χ0v) is 32.3. The number of hydrogen-bond donors (Lipinski definition) is 2. The van der Waals surface area contributed by atoms with E-state index in [1.165, 1.54) is 27.6 Å². The van der Waals surface area contributed by atoms with E-state index in [0.29, 0.717) is 46.9 Å². The lowest BCUT2D eigenvalue weighted by atomic mass is 9.83. The Morgan fingerprint density at radius 1 is 1.09 bits per heavy atom. The van der Waals surface area contributed by atoms with E-state index >= 15 is 4.39 Å². The topological polar surface area (TPSA) is 169 Å². The third kappa shape index (κ3) is 7.53. The van der Waals surface area contributed by atoms with Crippen LogP contribution in [-0.4, -0.2) is 78.4 Å². The molecule has 3 aromatic heterocycles. The number of nitrogens with one attached hydrogen (secondary N) is 2. The molecule has 15 heteroatoms. The van der Waals surface area contributed by atoms with E-state index < -0.39 is 24.0 Å². The fourth-order valence-electron chi connectivity index (χ4n) is 8.97. The average Bonchev–Trinajstić information content (AvgIpc) is 3.72. The molecule has 0 spiro atoms. The van der Waals surface area contributed by atoms with Crippen molar-refractivity contribution in [3.63, 3.8) is 0 Å². The Morgan fingerprint density at radius 2 is 1.89 bits per heavy atom. The number of fused-ring (bicyclic) bond motifs is 2. The number of nitrogens with zero attached hydrogens (tertiary/aromatic N) is 7. The predicted octanol–water partition coefficient (Wildman–Crippen LogP) is 5.53. The van der Waals surface area contributed by atoms with Gasteiger partial charge in [-0.25, -0.2) is 9.18 Å². The van der Waals surface area contributed by atoms with Gasteiger partial charge in [-0.2, -0.15) is 10.4 Å². The van der Waals surface area contributed by atoms with Crippen molar-refractivity contribution in [2.45, 2.75) is 89.1 Å². The molecule has 8 rings (SSSR count). The first kappa shape index (κ1) is 38.0. The number of imidazole rings is 1. The molecule has 2 N–H and O–H groups in total. The van der Waals surface area contributed by atoms with Crippen LogP contribution in [0.1, 0.15) is 98.3 Å². The Labute approximate surface area is 328 Å². The van der Waals surface area contributed by atoms with E-state index in [2.05, 4.69) is 20.5 Å². The molecule has 5 heterocycles. The molecule has 296 valence electrons. The fraction of sp³-hybridized carbons (Fsp3) is 0.452. The van der Waals surface area contributed by atoms with Gasteiger partial charge in [0.05, 0.1) is 45.5 Å². The van der Waals surface area contributed by atoms with Crippen LogP contribution in [0.3, 0.4) is 0 Å². The highest BCUT2D eigenvalue weighted by atomic mass is 19.1. The van der Waals surface area contributed by atoms with Crippen LogP contribution in [0.4, 0.5) is 10.1 Å². The van der Waals surface area contributed by atoms with Crippen LogP contribution in [-0.2, 0) is 16.6 Å². The number of pyridine rings is 1. The second-order valence-electron chi connectivity index (χ2n) is 15.9. The number of rotatable bonds is 9. The number of carbonyl (C=O) groups is 3. The summed E-state index contributed by atoms with van der Waals surface area (Å²) in [7, 11) is 1.66. The third-order valence-corrected chi connectivity index (χ3v) is 11.8. The highest BCUT2D eigenvalue weighted by Gasteiger charge is 2.36. The van der Waals surface area contributed by atoms with Crippen molar-refractivity contribution in [3.8, 4) is 11.8 Å². The van der Waals surface area contributed by atoms with Gasteiger partial charge in [0.15, 0.2) is 0 Å². The molecule has 2 aliphatic heterocycles. The van der Waals surface area contributed by atoms with Crippen molar-refractivity contribution in [3.05, 3.63) is 82.2 Å². The van der Waals surface area contributed by atoms with Crippen LogP contribution in [0.25, 0.3) is 21.9 Å². The number of hydrogen-bond acceptors (Lipinski definition) is 9. The number of likely N-dealkylation sites (tertiary alicyclic amines) is 1. The smallest absolute Gasteiger partial charge is 0.329 e. The summed E-state index contributed by atoms with van der Waals surface area (Å²) >= 11 is 0. The summed E-state index contributed by atoms with van der Waals surface area (Å²) in [5.74, 6) is -0.674. The van der Waals surface area contributed by atoms with Crippen molar-refractivity contribution in [2.75, 3.05) is 25.0 Å². The number of aryl methyl sites for hydroxylation is 1. The minimum Gasteiger partial charge on any atom is -0.489 e. The molecule has 2 aromatic carbocycles. The number of anilines is 1. The van der Waals surface area contributed by atoms with Crippen molar-refractivity contribution in [2.24, 2.45) is 13.0 Å². The van der Waals surface area contributed by atoms with Gasteiger partial charge in [0.25, 0.3) is 5.91 Å². The van der Waals surface area contributed by atoms with Crippen molar-refractivity contribution >= 4 is 45.3 Å². The summed E-state index contributed by atoms with van der Waals surface area (Å²) in [6.07, 6.45) is 8.46. The van der Waals surface area contributed by atoms with Gasteiger partial charge >= 0.3 is 5.69 Å². The van der Waals surface area contributed by atoms with Crippen molar-refractivity contribution in [1.29, 1.82) is 5.26 Å². The zero-order valence-electron chi connectivity index (χ0n) is 32.3. The minimum atomic E-state index is -1.12. The number of aromatic nitrogens is 5. The van der Waals surface area contributed by atoms with E-state index in [1.807, 2.05) is 55.1 Å². The maximum absolute atomic E-state index is 16.2. The molecule has 14 nitrogen and oxygen atoms in total. The fourth-order valence-corrected chi connectivity index (χ4v) is 8.97. The Morgan fingerprint density at radius 3 is 2.63 bits per heavy atom. The lowest BCUT2D eigenvalue weighted by Crippen LogP contribution is -2.44. The Balaban J connectivity index is 0.907. The molecule has 3 amide bonds. The van der Waals surface area contributed by atoms with E-state index in [1.54, 1.807) is 13.1 Å². The molecule has 57 heavy (non-hydrogen) atoms. The standard InChI is InChI=1S/C42H46FN9O5/c1-24(2)57-37-17-33-28(16-34(37)46-40(54)27-15-26(18-44)19-45-20-27)22-51(48-33)29-9-7-25(8-10-29)21-50-14-13-30(32(43)23-50)31-5-4-6-35-39(31)49(3)42(56)52(35)36-11-12-38(53)47-41(36)55/h4-6,15-17,19-20,22,24-25,29-30,32,36H,7-14,21,23H2,1-3H3,(H,46,54)(H,47,53,55)/t25?,29?,30-,32+,36?/m0/s1. The summed E-state index contributed by atoms with van der Waals surface area (Å²) in [6.45, 7) is 5.71. The van der Waals surface area contributed by atoms with Crippen LogP contribution < -0.4 is 21.1 Å². The number of amides is 3. The van der Waals surface area contributed by atoms with Crippen LogP contribution in [0.5, 0.6) is 5.75 Å². The molecular weight excluding hydrogens is 730 g/mol. The number of para-hydroxylation sites is 1. The first-order chi connectivity index (χ1) is 27.5. The molecule has 3 atom stereocenters. The Kier molecular flexibility index (Phi) is 10.4. The highest BCUT2D eigenvalue weighted by molar-refractivity contribution is 6.06. The van der Waals surface area contributed by atoms with Gasteiger partial charge in [0.1, 0.15) is 24.0 Å². The van der Waals surface area contributed by atoms with Crippen LogP contribution >= 0.6 is 0 Å². The van der Waals surface area contributed by atoms with Crippen molar-refractivity contribution in [1.82, 2.24) is 34.1 Å². The molecule has 3 fully saturated rings. The van der Waals surface area contributed by atoms with E-state index in [9.17, 15) is 24.4 Å². The SMILES string of the molecule is CC(C)Oc1cc2nn(C3CCC(CN4CC[C@@H](c5cccc6c5n(C)c(=O)n6C5CCC(=O)NC5=O)[C@H](F)C4)CC3)cc2cc1NC(=O)c1cncc(C#N)c1. The normalized spacial score (nSPS) is 23.1. The van der Waals surface area contributed by atoms with Gasteiger partial charge in [-0.15, -0.1) is 0 Å². The number of nitriles is 1. The summed E-state index contributed by atoms with van der Waals surface area (Å²) in [6, 6.07) is 12.2. The van der Waals surface area contributed by atoms with E-state index in [4.69, 9.17) is 9.84 Å². The monoisotopic (exact) mass is 775 g/mol. The van der Waals surface area contributed by atoms with Crippen LogP contribution in [0.15, 0.2) is 59.8 Å². The summed E-state index contributed by atoms with van der Waals surface area (Å²) in [5.41, 5.74) is 3.49. The average molecular weight is 776 g/mol. The van der Waals surface area contributed by atoms with Crippen LogP contribution in [0.2, 0.25) is 0 Å². The van der Waals surface area contributed by atoms with Gasteiger partial charge in [-0.3, -0.25) is 38.5 Å². The highest BCUT2D eigenvalue weighted by Crippen LogP contribution is 2.39. The second kappa shape index (κ2) is 15.6. The molecule has 0 radical (unpaired) electrons. The molecule has 5 aromatic rings. The molecule has 1 saturated carbocycles. The number of halogens is 1. The van der Waals surface area contributed by atoms with E-state index in [0.717, 1.165) is 55.2 Å². The first-order valence-electron chi connectivity index (χ1n) is 19.7. The largest absolute Gasteiger partial charge is 0.489 e. The molecule has 0 bridgehead atoms. The molecule has 3 aliphatic rings. The number of carbonyl (C=O) groups excluding carboxylic acids is 3. The number of ether oxygens (including phenoxy) is 1. The predicted molar refractivity (Wildman–Crippen MR) is 211 cm³/mol. The lowest BCUT2D eigenvalue weighted by Gasteiger charge is -2.38. The third-order valence-electron chi connectivity index (χ3n) is 11.8. The molecule has 1 unspecified atom stereocenters. The number of alkyl halides is 1. The quantitative estimate of drug-likeness (QED) is 0.183.